The molecule has 0 amide bonds. The van der Waals surface area contributed by atoms with E-state index in [1.54, 1.807) is 18.2 Å². The third kappa shape index (κ3) is 4.21. The van der Waals surface area contributed by atoms with Crippen LogP contribution in [0.4, 0.5) is 0 Å². The zero-order valence-electron chi connectivity index (χ0n) is 14.9. The quantitative estimate of drug-likeness (QED) is 0.574. The number of benzene rings is 2. The monoisotopic (exact) mass is 340 g/mol. The van der Waals surface area contributed by atoms with Gasteiger partial charge in [-0.3, -0.25) is 4.79 Å². The highest BCUT2D eigenvalue weighted by Crippen LogP contribution is 2.37. The Morgan fingerprint density at radius 1 is 1.04 bits per heavy atom. The van der Waals surface area contributed by atoms with Crippen LogP contribution in [0.3, 0.4) is 0 Å². The van der Waals surface area contributed by atoms with Crippen LogP contribution in [-0.4, -0.2) is 22.6 Å². The molecule has 2 N–H and O–H groups in total. The van der Waals surface area contributed by atoms with Crippen molar-refractivity contribution >= 4 is 11.9 Å². The van der Waals surface area contributed by atoms with Gasteiger partial charge in [0.05, 0.1) is 12.2 Å². The summed E-state index contributed by atoms with van der Waals surface area (Å²) in [6.45, 7) is 6.37. The molecule has 2 rings (SSSR count). The van der Waals surface area contributed by atoms with E-state index in [0.717, 1.165) is 17.5 Å². The van der Waals surface area contributed by atoms with E-state index in [-0.39, 0.29) is 17.3 Å². The van der Waals surface area contributed by atoms with Gasteiger partial charge in [-0.05, 0) is 73.4 Å². The zero-order chi connectivity index (χ0) is 18.4. The summed E-state index contributed by atoms with van der Waals surface area (Å²) < 4.78 is 5.74. The Hall–Kier alpha value is -2.75. The number of ketones is 1. The third-order valence-electron chi connectivity index (χ3n) is 4.05. The van der Waals surface area contributed by atoms with Gasteiger partial charge in [-0.2, -0.15) is 0 Å². The molecule has 2 aromatic carbocycles. The van der Waals surface area contributed by atoms with Gasteiger partial charge in [0, 0.05) is 5.56 Å². The number of allylic oxidation sites excluding steroid dienone is 1. The van der Waals surface area contributed by atoms with E-state index in [9.17, 15) is 15.0 Å². The number of hydrogen-bond donors (Lipinski definition) is 2. The first-order valence-corrected chi connectivity index (χ1v) is 8.53. The Labute approximate surface area is 148 Å². The second-order valence-electron chi connectivity index (χ2n) is 5.67. The standard InChI is InChI=1S/C21H24O4/c1-4-14-13-15(5-2)21(25-6-3)18(20(14)24)11-12-19(23)16-7-9-17(22)10-8-16/h7-13,22,24H,4-6H2,1-3H3/b12-11+. The lowest BCUT2D eigenvalue weighted by Crippen LogP contribution is -2.01. The van der Waals surface area contributed by atoms with Crippen molar-refractivity contribution in [2.75, 3.05) is 6.61 Å². The molecular formula is C21H24O4. The van der Waals surface area contributed by atoms with E-state index in [0.29, 0.717) is 29.9 Å². The first-order chi connectivity index (χ1) is 12.0. The SMILES string of the molecule is CCOc1c(CC)cc(CC)c(O)c1/C=C/C(=O)c1ccc(O)cc1. The number of phenolic OH excluding ortho intramolecular Hbond substituents is 2. The van der Waals surface area contributed by atoms with Crippen LogP contribution in [0.25, 0.3) is 6.08 Å². The van der Waals surface area contributed by atoms with Crippen LogP contribution in [0, 0.1) is 0 Å². The molecule has 0 aliphatic heterocycles. The first-order valence-electron chi connectivity index (χ1n) is 8.53. The van der Waals surface area contributed by atoms with Crippen molar-refractivity contribution in [1.29, 1.82) is 0 Å². The Morgan fingerprint density at radius 3 is 2.24 bits per heavy atom. The van der Waals surface area contributed by atoms with Gasteiger partial charge in [0.2, 0.25) is 0 Å². The maximum absolute atomic E-state index is 12.3. The van der Waals surface area contributed by atoms with E-state index >= 15 is 0 Å². The van der Waals surface area contributed by atoms with Crippen molar-refractivity contribution in [3.8, 4) is 17.2 Å². The van der Waals surface area contributed by atoms with Gasteiger partial charge in [0.15, 0.2) is 5.78 Å². The van der Waals surface area contributed by atoms with Gasteiger partial charge in [0.1, 0.15) is 17.2 Å². The summed E-state index contributed by atoms with van der Waals surface area (Å²) in [6, 6.07) is 8.02. The number of ether oxygens (including phenoxy) is 1. The van der Waals surface area contributed by atoms with Crippen LogP contribution in [-0.2, 0) is 12.8 Å². The Bertz CT molecular complexity index is 773. The molecule has 0 saturated carbocycles. The fourth-order valence-corrected chi connectivity index (χ4v) is 2.68. The average Bonchev–Trinajstić information content (AvgIpc) is 2.62. The fourth-order valence-electron chi connectivity index (χ4n) is 2.68. The summed E-state index contributed by atoms with van der Waals surface area (Å²) in [5.74, 6) is 0.675. The summed E-state index contributed by atoms with van der Waals surface area (Å²) in [6.07, 6.45) is 4.49. The molecule has 132 valence electrons. The van der Waals surface area contributed by atoms with Crippen LogP contribution in [0.15, 0.2) is 36.4 Å². The van der Waals surface area contributed by atoms with E-state index in [1.165, 1.54) is 18.2 Å². The van der Waals surface area contributed by atoms with Gasteiger partial charge in [-0.25, -0.2) is 0 Å². The lowest BCUT2D eigenvalue weighted by Gasteiger charge is -2.16. The van der Waals surface area contributed by atoms with Gasteiger partial charge >= 0.3 is 0 Å². The number of phenols is 2. The molecular weight excluding hydrogens is 316 g/mol. The molecule has 0 saturated heterocycles. The number of aromatic hydroxyl groups is 2. The number of aryl methyl sites for hydroxylation is 2. The molecule has 0 aliphatic carbocycles. The topological polar surface area (TPSA) is 66.8 Å². The fraction of sp³-hybridized carbons (Fsp3) is 0.286. The number of rotatable bonds is 7. The number of carbonyl (C=O) groups is 1. The average molecular weight is 340 g/mol. The molecule has 0 aromatic heterocycles. The van der Waals surface area contributed by atoms with Crippen LogP contribution < -0.4 is 4.74 Å². The van der Waals surface area contributed by atoms with E-state index in [1.807, 2.05) is 26.8 Å². The summed E-state index contributed by atoms with van der Waals surface area (Å²) >= 11 is 0. The smallest absolute Gasteiger partial charge is 0.185 e. The van der Waals surface area contributed by atoms with Crippen molar-refractivity contribution in [1.82, 2.24) is 0 Å². The highest BCUT2D eigenvalue weighted by Gasteiger charge is 2.16. The van der Waals surface area contributed by atoms with E-state index in [4.69, 9.17) is 4.74 Å². The van der Waals surface area contributed by atoms with Crippen molar-refractivity contribution in [2.45, 2.75) is 33.6 Å². The van der Waals surface area contributed by atoms with Crippen molar-refractivity contribution in [3.05, 3.63) is 58.7 Å². The Kier molecular flexibility index (Phi) is 6.23. The predicted octanol–water partition coefficient (Wildman–Crippen LogP) is 4.52. The molecule has 4 nitrogen and oxygen atoms in total. The van der Waals surface area contributed by atoms with Gasteiger partial charge in [-0.15, -0.1) is 0 Å². The normalized spacial score (nSPS) is 11.0. The maximum atomic E-state index is 12.3. The van der Waals surface area contributed by atoms with Crippen molar-refractivity contribution in [2.24, 2.45) is 0 Å². The lowest BCUT2D eigenvalue weighted by atomic mass is 9.98. The highest BCUT2D eigenvalue weighted by atomic mass is 16.5. The molecule has 0 spiro atoms. The minimum atomic E-state index is -0.207. The van der Waals surface area contributed by atoms with Crippen molar-refractivity contribution < 1.29 is 19.7 Å². The molecule has 25 heavy (non-hydrogen) atoms. The summed E-state index contributed by atoms with van der Waals surface area (Å²) in [7, 11) is 0. The predicted molar refractivity (Wildman–Crippen MR) is 99.5 cm³/mol. The van der Waals surface area contributed by atoms with Gasteiger partial charge in [-0.1, -0.05) is 13.8 Å². The molecule has 0 unspecified atom stereocenters. The van der Waals surface area contributed by atoms with Crippen molar-refractivity contribution in [3.63, 3.8) is 0 Å². The van der Waals surface area contributed by atoms with Crippen LogP contribution >= 0.6 is 0 Å². The highest BCUT2D eigenvalue weighted by molar-refractivity contribution is 6.07. The van der Waals surface area contributed by atoms with Crippen LogP contribution in [0.1, 0.15) is 47.8 Å². The Morgan fingerprint density at radius 2 is 1.68 bits per heavy atom. The zero-order valence-corrected chi connectivity index (χ0v) is 14.9. The molecule has 4 heteroatoms. The molecule has 0 atom stereocenters. The largest absolute Gasteiger partial charge is 0.508 e. The lowest BCUT2D eigenvalue weighted by molar-refractivity contribution is 0.104. The molecule has 0 heterocycles. The Balaban J connectivity index is 2.45. The van der Waals surface area contributed by atoms with Gasteiger partial charge in [0.25, 0.3) is 0 Å². The minimum absolute atomic E-state index is 0.111. The summed E-state index contributed by atoms with van der Waals surface area (Å²) in [5.41, 5.74) is 2.84. The maximum Gasteiger partial charge on any atom is 0.185 e. The summed E-state index contributed by atoms with van der Waals surface area (Å²) in [5, 5.41) is 19.9. The molecule has 0 aliphatic rings. The van der Waals surface area contributed by atoms with E-state index in [2.05, 4.69) is 0 Å². The summed E-state index contributed by atoms with van der Waals surface area (Å²) in [4.78, 5) is 12.3. The van der Waals surface area contributed by atoms with E-state index < -0.39 is 0 Å². The molecule has 0 radical (unpaired) electrons. The minimum Gasteiger partial charge on any atom is -0.508 e. The molecule has 2 aromatic rings. The molecule has 0 fully saturated rings. The molecule has 0 bridgehead atoms. The first kappa shape index (κ1) is 18.6. The third-order valence-corrected chi connectivity index (χ3v) is 4.05. The number of carbonyl (C=O) groups excluding carboxylic acids is 1. The van der Waals surface area contributed by atoms with Gasteiger partial charge < -0.3 is 14.9 Å². The number of hydrogen-bond acceptors (Lipinski definition) is 4. The second-order valence-corrected chi connectivity index (χ2v) is 5.67. The van der Waals surface area contributed by atoms with Crippen LogP contribution in [0.5, 0.6) is 17.2 Å². The van der Waals surface area contributed by atoms with Crippen LogP contribution in [0.2, 0.25) is 0 Å². The second kappa shape index (κ2) is 8.38.